The Balaban J connectivity index is 2.12. The number of carbonyl (C=O) groups excluding carboxylic acids is 1. The Labute approximate surface area is 65.0 Å². The summed E-state index contributed by atoms with van der Waals surface area (Å²) in [6.07, 6.45) is 5.12. The standard InChI is InChI=1S/C8H10O3/c9-8-6-2-1-3-10-5-7(4-6)11-8/h1,3,6-7H,2,4-5H2/b3-1-. The van der Waals surface area contributed by atoms with E-state index in [-0.39, 0.29) is 18.0 Å². The zero-order valence-corrected chi connectivity index (χ0v) is 6.16. The van der Waals surface area contributed by atoms with Crippen molar-refractivity contribution in [1.29, 1.82) is 0 Å². The van der Waals surface area contributed by atoms with Crippen LogP contribution < -0.4 is 0 Å². The summed E-state index contributed by atoms with van der Waals surface area (Å²) in [6, 6.07) is 0. The molecule has 3 heteroatoms. The quantitative estimate of drug-likeness (QED) is 0.485. The lowest BCUT2D eigenvalue weighted by Crippen LogP contribution is -2.13. The van der Waals surface area contributed by atoms with Crippen LogP contribution in [0.2, 0.25) is 0 Å². The summed E-state index contributed by atoms with van der Waals surface area (Å²) in [6.45, 7) is 0.513. The van der Waals surface area contributed by atoms with Crippen molar-refractivity contribution in [2.24, 2.45) is 5.92 Å². The highest BCUT2D eigenvalue weighted by Crippen LogP contribution is 2.25. The van der Waals surface area contributed by atoms with E-state index >= 15 is 0 Å². The minimum Gasteiger partial charge on any atom is -0.498 e. The van der Waals surface area contributed by atoms with Crippen molar-refractivity contribution in [3.8, 4) is 0 Å². The number of esters is 1. The second kappa shape index (κ2) is 2.57. The molecule has 2 aliphatic heterocycles. The van der Waals surface area contributed by atoms with Crippen molar-refractivity contribution in [3.63, 3.8) is 0 Å². The van der Waals surface area contributed by atoms with Gasteiger partial charge in [0.1, 0.15) is 12.7 Å². The summed E-state index contributed by atoms with van der Waals surface area (Å²) in [5.74, 6) is 0.0188. The van der Waals surface area contributed by atoms with Gasteiger partial charge in [-0.1, -0.05) is 0 Å². The Morgan fingerprint density at radius 3 is 3.36 bits per heavy atom. The third-order valence-electron chi connectivity index (χ3n) is 2.06. The molecule has 0 amide bonds. The minimum absolute atomic E-state index is 0.00236. The molecule has 2 aliphatic rings. The summed E-state index contributed by atoms with van der Waals surface area (Å²) in [4.78, 5) is 11.0. The van der Waals surface area contributed by atoms with E-state index in [9.17, 15) is 4.79 Å². The normalized spacial score (nSPS) is 38.4. The lowest BCUT2D eigenvalue weighted by Gasteiger charge is -2.09. The summed E-state index contributed by atoms with van der Waals surface area (Å²) >= 11 is 0. The first-order valence-electron chi connectivity index (χ1n) is 3.83. The van der Waals surface area contributed by atoms with Gasteiger partial charge in [-0.15, -0.1) is 0 Å². The van der Waals surface area contributed by atoms with E-state index in [4.69, 9.17) is 9.47 Å². The molecule has 0 aromatic heterocycles. The SMILES string of the molecule is O=C1OC2CO/C=C\CC1C2. The molecule has 1 fully saturated rings. The van der Waals surface area contributed by atoms with Gasteiger partial charge in [0.2, 0.25) is 0 Å². The number of rotatable bonds is 0. The molecule has 0 N–H and O–H groups in total. The Hall–Kier alpha value is -0.990. The Morgan fingerprint density at radius 2 is 2.45 bits per heavy atom. The average molecular weight is 154 g/mol. The average Bonchev–Trinajstić information content (AvgIpc) is 2.27. The largest absolute Gasteiger partial charge is 0.498 e. The van der Waals surface area contributed by atoms with Gasteiger partial charge < -0.3 is 9.47 Å². The highest BCUT2D eigenvalue weighted by molar-refractivity contribution is 5.74. The molecule has 0 spiro atoms. The first-order chi connectivity index (χ1) is 5.36. The summed E-state index contributed by atoms with van der Waals surface area (Å²) in [7, 11) is 0. The molecule has 0 aromatic rings. The van der Waals surface area contributed by atoms with Crippen molar-refractivity contribution < 1.29 is 14.3 Å². The molecule has 11 heavy (non-hydrogen) atoms. The van der Waals surface area contributed by atoms with E-state index in [0.717, 1.165) is 12.8 Å². The lowest BCUT2D eigenvalue weighted by atomic mass is 10.0. The maximum atomic E-state index is 11.0. The molecule has 60 valence electrons. The third-order valence-corrected chi connectivity index (χ3v) is 2.06. The fraction of sp³-hybridized carbons (Fsp3) is 0.625. The van der Waals surface area contributed by atoms with E-state index in [1.807, 2.05) is 6.08 Å². The van der Waals surface area contributed by atoms with E-state index in [0.29, 0.717) is 6.61 Å². The molecule has 2 atom stereocenters. The van der Waals surface area contributed by atoms with E-state index < -0.39 is 0 Å². The molecular weight excluding hydrogens is 144 g/mol. The minimum atomic E-state index is -0.0647. The molecule has 2 heterocycles. The van der Waals surface area contributed by atoms with Gasteiger partial charge in [-0.3, -0.25) is 4.79 Å². The van der Waals surface area contributed by atoms with Crippen LogP contribution in [-0.4, -0.2) is 18.7 Å². The van der Waals surface area contributed by atoms with Gasteiger partial charge in [-0.2, -0.15) is 0 Å². The molecule has 0 aromatic carbocycles. The topological polar surface area (TPSA) is 35.5 Å². The Bertz CT molecular complexity index is 198. The predicted molar refractivity (Wildman–Crippen MR) is 37.7 cm³/mol. The second-order valence-electron chi connectivity index (χ2n) is 2.93. The molecule has 2 bridgehead atoms. The zero-order chi connectivity index (χ0) is 7.68. The fourth-order valence-corrected chi connectivity index (χ4v) is 1.47. The van der Waals surface area contributed by atoms with Gasteiger partial charge in [-0.25, -0.2) is 0 Å². The van der Waals surface area contributed by atoms with Crippen LogP contribution in [0.4, 0.5) is 0 Å². The molecule has 0 aliphatic carbocycles. The first kappa shape index (κ1) is 6.70. The van der Waals surface area contributed by atoms with Crippen molar-refractivity contribution >= 4 is 5.97 Å². The number of allylic oxidation sites excluding steroid dienone is 1. The van der Waals surface area contributed by atoms with Gasteiger partial charge in [0.25, 0.3) is 0 Å². The van der Waals surface area contributed by atoms with Crippen molar-refractivity contribution in [1.82, 2.24) is 0 Å². The summed E-state index contributed by atoms with van der Waals surface area (Å²) in [5.41, 5.74) is 0. The molecule has 2 rings (SSSR count). The van der Waals surface area contributed by atoms with Crippen LogP contribution in [0.1, 0.15) is 12.8 Å². The number of hydrogen-bond acceptors (Lipinski definition) is 3. The number of hydrogen-bond donors (Lipinski definition) is 0. The van der Waals surface area contributed by atoms with Gasteiger partial charge in [0.05, 0.1) is 12.2 Å². The number of carbonyl (C=O) groups is 1. The van der Waals surface area contributed by atoms with Gasteiger partial charge in [0.15, 0.2) is 0 Å². The number of ether oxygens (including phenoxy) is 2. The van der Waals surface area contributed by atoms with Crippen LogP contribution in [0.25, 0.3) is 0 Å². The van der Waals surface area contributed by atoms with E-state index in [1.54, 1.807) is 6.26 Å². The summed E-state index contributed by atoms with van der Waals surface area (Å²) < 4.78 is 10.1. The summed E-state index contributed by atoms with van der Waals surface area (Å²) in [5, 5.41) is 0. The van der Waals surface area contributed by atoms with Crippen LogP contribution in [0.3, 0.4) is 0 Å². The Kier molecular flexibility index (Phi) is 1.56. The van der Waals surface area contributed by atoms with Crippen molar-refractivity contribution in [2.45, 2.75) is 18.9 Å². The molecule has 3 nitrogen and oxygen atoms in total. The highest BCUT2D eigenvalue weighted by Gasteiger charge is 2.34. The lowest BCUT2D eigenvalue weighted by molar-refractivity contribution is -0.145. The predicted octanol–water partition coefficient (Wildman–Crippen LogP) is 0.852. The molecule has 1 saturated heterocycles. The van der Waals surface area contributed by atoms with Crippen molar-refractivity contribution in [2.75, 3.05) is 6.61 Å². The van der Waals surface area contributed by atoms with Gasteiger partial charge >= 0.3 is 5.97 Å². The van der Waals surface area contributed by atoms with Crippen LogP contribution in [0.5, 0.6) is 0 Å². The molecule has 0 radical (unpaired) electrons. The van der Waals surface area contributed by atoms with E-state index in [2.05, 4.69) is 0 Å². The second-order valence-corrected chi connectivity index (χ2v) is 2.93. The van der Waals surface area contributed by atoms with Crippen LogP contribution in [0.15, 0.2) is 12.3 Å². The smallest absolute Gasteiger partial charge is 0.309 e. The maximum absolute atomic E-state index is 11.0. The third kappa shape index (κ3) is 1.23. The monoisotopic (exact) mass is 154 g/mol. The fourth-order valence-electron chi connectivity index (χ4n) is 1.47. The van der Waals surface area contributed by atoms with Crippen LogP contribution in [0, 0.1) is 5.92 Å². The van der Waals surface area contributed by atoms with Gasteiger partial charge in [-0.05, 0) is 12.5 Å². The van der Waals surface area contributed by atoms with Crippen molar-refractivity contribution in [3.05, 3.63) is 12.3 Å². The Morgan fingerprint density at radius 1 is 1.55 bits per heavy atom. The van der Waals surface area contributed by atoms with Crippen LogP contribution in [-0.2, 0) is 14.3 Å². The zero-order valence-electron chi connectivity index (χ0n) is 6.16. The molecular formula is C8H10O3. The molecule has 0 saturated carbocycles. The molecule has 2 unspecified atom stereocenters. The van der Waals surface area contributed by atoms with Crippen LogP contribution >= 0.6 is 0 Å². The first-order valence-corrected chi connectivity index (χ1v) is 3.83. The highest BCUT2D eigenvalue weighted by atomic mass is 16.6. The number of fused-ring (bicyclic) bond motifs is 2. The van der Waals surface area contributed by atoms with Gasteiger partial charge in [0, 0.05) is 6.42 Å². The maximum Gasteiger partial charge on any atom is 0.309 e. The van der Waals surface area contributed by atoms with E-state index in [1.165, 1.54) is 0 Å².